The molecule has 0 spiro atoms. The van der Waals surface area contributed by atoms with Crippen LogP contribution < -0.4 is 4.74 Å². The number of nitriles is 1. The van der Waals surface area contributed by atoms with Crippen LogP contribution in [-0.2, 0) is 0 Å². The Hall–Kier alpha value is -2.99. The van der Waals surface area contributed by atoms with Crippen LogP contribution in [0.2, 0.25) is 0 Å². The second-order valence-electron chi connectivity index (χ2n) is 9.41. The summed E-state index contributed by atoms with van der Waals surface area (Å²) in [5.74, 6) is 1.39. The van der Waals surface area contributed by atoms with Crippen molar-refractivity contribution in [3.05, 3.63) is 29.8 Å². The minimum absolute atomic E-state index is 0.185. The van der Waals surface area contributed by atoms with Crippen LogP contribution in [-0.4, -0.2) is 95.9 Å². The number of hydrogen-bond acceptors (Lipinski definition) is 5. The van der Waals surface area contributed by atoms with E-state index in [0.29, 0.717) is 29.8 Å². The molecule has 0 radical (unpaired) electrons. The fourth-order valence-electron chi connectivity index (χ4n) is 5.31. The lowest BCUT2D eigenvalue weighted by Crippen LogP contribution is -2.58. The summed E-state index contributed by atoms with van der Waals surface area (Å²) >= 11 is 0. The molecule has 3 saturated heterocycles. The van der Waals surface area contributed by atoms with Gasteiger partial charge in [-0.25, -0.2) is 9.59 Å². The molecule has 9 nitrogen and oxygen atoms in total. The Labute approximate surface area is 195 Å². The molecule has 2 unspecified atom stereocenters. The molecule has 178 valence electrons. The number of piperidine rings is 3. The summed E-state index contributed by atoms with van der Waals surface area (Å²) in [4.78, 5) is 32.4. The number of amides is 3. The number of rotatable bonds is 6. The molecule has 1 aromatic carbocycles. The van der Waals surface area contributed by atoms with E-state index in [1.54, 1.807) is 24.3 Å². The van der Waals surface area contributed by atoms with Crippen LogP contribution in [0.1, 0.15) is 31.2 Å². The molecule has 3 amide bonds. The summed E-state index contributed by atoms with van der Waals surface area (Å²) < 4.78 is 5.67. The lowest BCUT2D eigenvalue weighted by atomic mass is 9.85. The smallest absolute Gasteiger partial charge is 0.408 e. The number of carbonyl (C=O) groups excluding carboxylic acids is 1. The second-order valence-corrected chi connectivity index (χ2v) is 9.41. The Kier molecular flexibility index (Phi) is 7.55. The minimum atomic E-state index is -0.962. The summed E-state index contributed by atoms with van der Waals surface area (Å²) in [5.41, 5.74) is 0.557. The number of carboxylic acid groups (broad SMARTS) is 1. The highest BCUT2D eigenvalue weighted by Gasteiger charge is 2.37. The van der Waals surface area contributed by atoms with E-state index in [9.17, 15) is 14.7 Å². The Balaban J connectivity index is 1.25. The third kappa shape index (κ3) is 6.08. The highest BCUT2D eigenvalue weighted by Crippen LogP contribution is 2.29. The van der Waals surface area contributed by atoms with Gasteiger partial charge in [-0.15, -0.1) is 0 Å². The van der Waals surface area contributed by atoms with Crippen LogP contribution in [0.5, 0.6) is 5.75 Å². The number of urea groups is 1. The van der Waals surface area contributed by atoms with Crippen LogP contribution in [0.4, 0.5) is 9.59 Å². The Morgan fingerprint density at radius 2 is 1.70 bits per heavy atom. The van der Waals surface area contributed by atoms with Gasteiger partial charge in [0.2, 0.25) is 0 Å². The van der Waals surface area contributed by atoms with Crippen LogP contribution >= 0.6 is 0 Å². The quantitative estimate of drug-likeness (QED) is 0.708. The first kappa shape index (κ1) is 23.2. The third-order valence-corrected chi connectivity index (χ3v) is 6.81. The molecule has 33 heavy (non-hydrogen) atoms. The number of likely N-dealkylation sites (tertiary alicyclic amines) is 3. The van der Waals surface area contributed by atoms with Crippen molar-refractivity contribution in [3.8, 4) is 11.8 Å². The topological polar surface area (TPSA) is 100 Å². The molecule has 1 aromatic rings. The van der Waals surface area contributed by atoms with Gasteiger partial charge in [0.1, 0.15) is 12.4 Å². The highest BCUT2D eigenvalue weighted by molar-refractivity contribution is 5.74. The van der Waals surface area contributed by atoms with Crippen molar-refractivity contribution < 1.29 is 19.4 Å². The first-order chi connectivity index (χ1) is 16.0. The third-order valence-electron chi connectivity index (χ3n) is 6.81. The van der Waals surface area contributed by atoms with Gasteiger partial charge >= 0.3 is 12.1 Å². The molecule has 9 heteroatoms. The molecule has 4 rings (SSSR count). The summed E-state index contributed by atoms with van der Waals surface area (Å²) in [6.07, 6.45) is 3.55. The molecule has 1 N–H and O–H groups in total. The van der Waals surface area contributed by atoms with E-state index < -0.39 is 6.09 Å². The van der Waals surface area contributed by atoms with Gasteiger partial charge in [-0.3, -0.25) is 9.80 Å². The number of carbonyl (C=O) groups is 2. The summed E-state index contributed by atoms with van der Waals surface area (Å²) in [7, 11) is 0. The van der Waals surface area contributed by atoms with Gasteiger partial charge < -0.3 is 19.6 Å². The summed E-state index contributed by atoms with van der Waals surface area (Å²) in [5, 5.41) is 18.5. The number of nitrogens with zero attached hydrogens (tertiary/aromatic N) is 5. The van der Waals surface area contributed by atoms with E-state index in [-0.39, 0.29) is 19.2 Å². The van der Waals surface area contributed by atoms with Crippen LogP contribution in [0.25, 0.3) is 0 Å². The lowest BCUT2D eigenvalue weighted by molar-refractivity contribution is 0.0104. The first-order valence-corrected chi connectivity index (χ1v) is 11.9. The van der Waals surface area contributed by atoms with Gasteiger partial charge in [0, 0.05) is 39.3 Å². The maximum absolute atomic E-state index is 12.9. The number of benzene rings is 1. The van der Waals surface area contributed by atoms with Gasteiger partial charge in [-0.05, 0) is 61.8 Å². The second kappa shape index (κ2) is 10.8. The van der Waals surface area contributed by atoms with E-state index in [1.807, 2.05) is 9.80 Å². The van der Waals surface area contributed by atoms with E-state index in [1.165, 1.54) is 11.3 Å². The average molecular weight is 456 g/mol. The standard InChI is InChI=1S/C24H33N5O4/c25-13-19-4-6-22(7-5-19)33-11-10-28(24(31)32)18-26-14-20-12-21(15-26)17-29(16-20)23(30)27-8-2-1-3-9-27/h4-7,20-21H,1-3,8-12,14-18H2,(H,31,32). The van der Waals surface area contributed by atoms with Crippen molar-refractivity contribution in [1.82, 2.24) is 19.6 Å². The van der Waals surface area contributed by atoms with Crippen LogP contribution in [0.15, 0.2) is 24.3 Å². The van der Waals surface area contributed by atoms with Crippen LogP contribution in [0, 0.1) is 23.2 Å². The molecule has 2 atom stereocenters. The summed E-state index contributed by atoms with van der Waals surface area (Å²) in [6.45, 7) is 5.73. The molecule has 3 aliphatic heterocycles. The molecular weight excluding hydrogens is 422 g/mol. The van der Waals surface area contributed by atoms with Gasteiger partial charge in [0.25, 0.3) is 0 Å². The van der Waals surface area contributed by atoms with Gasteiger partial charge in [-0.2, -0.15) is 5.26 Å². The van der Waals surface area contributed by atoms with E-state index in [2.05, 4.69) is 11.0 Å². The normalized spacial score (nSPS) is 23.0. The fraction of sp³-hybridized carbons (Fsp3) is 0.625. The molecule has 3 fully saturated rings. The van der Waals surface area contributed by atoms with Crippen molar-refractivity contribution in [3.63, 3.8) is 0 Å². The zero-order valence-electron chi connectivity index (χ0n) is 19.1. The number of hydrogen-bond donors (Lipinski definition) is 1. The van der Waals surface area contributed by atoms with Crippen LogP contribution in [0.3, 0.4) is 0 Å². The zero-order chi connectivity index (χ0) is 23.2. The molecule has 0 saturated carbocycles. The molecule has 2 bridgehead atoms. The van der Waals surface area contributed by atoms with E-state index in [0.717, 1.165) is 58.5 Å². The predicted octanol–water partition coefficient (Wildman–Crippen LogP) is 2.73. The monoisotopic (exact) mass is 455 g/mol. The van der Waals surface area contributed by atoms with Crippen molar-refractivity contribution in [2.45, 2.75) is 25.7 Å². The number of fused-ring (bicyclic) bond motifs is 2. The lowest BCUT2D eigenvalue weighted by Gasteiger charge is -2.47. The Bertz CT molecular complexity index is 851. The molecule has 0 aromatic heterocycles. The molecule has 3 heterocycles. The minimum Gasteiger partial charge on any atom is -0.492 e. The maximum atomic E-state index is 12.9. The van der Waals surface area contributed by atoms with Crippen molar-refractivity contribution in [2.24, 2.45) is 11.8 Å². The number of ether oxygens (including phenoxy) is 1. The Morgan fingerprint density at radius 3 is 2.30 bits per heavy atom. The highest BCUT2D eigenvalue weighted by atomic mass is 16.5. The van der Waals surface area contributed by atoms with Gasteiger partial charge in [0.05, 0.1) is 24.8 Å². The molecular formula is C24H33N5O4. The zero-order valence-corrected chi connectivity index (χ0v) is 19.1. The van der Waals surface area contributed by atoms with Gasteiger partial charge in [-0.1, -0.05) is 0 Å². The van der Waals surface area contributed by atoms with Crippen molar-refractivity contribution in [2.75, 3.05) is 59.1 Å². The molecule has 3 aliphatic rings. The largest absolute Gasteiger partial charge is 0.492 e. The maximum Gasteiger partial charge on any atom is 0.408 e. The Morgan fingerprint density at radius 1 is 1.03 bits per heavy atom. The predicted molar refractivity (Wildman–Crippen MR) is 122 cm³/mol. The fourth-order valence-corrected chi connectivity index (χ4v) is 5.31. The van der Waals surface area contributed by atoms with E-state index >= 15 is 0 Å². The van der Waals surface area contributed by atoms with Gasteiger partial charge in [0.15, 0.2) is 0 Å². The summed E-state index contributed by atoms with van der Waals surface area (Å²) in [6, 6.07) is 9.03. The van der Waals surface area contributed by atoms with Crippen molar-refractivity contribution >= 4 is 12.1 Å². The van der Waals surface area contributed by atoms with E-state index in [4.69, 9.17) is 10.00 Å². The SMILES string of the molecule is N#Cc1ccc(OCCN(CN2CC3CC(C2)CN(C(=O)N2CCCCC2)C3)C(=O)O)cc1. The first-order valence-electron chi connectivity index (χ1n) is 11.9. The average Bonchev–Trinajstić information content (AvgIpc) is 2.83. The molecule has 0 aliphatic carbocycles. The van der Waals surface area contributed by atoms with Crippen molar-refractivity contribution in [1.29, 1.82) is 5.26 Å².